The molecule has 0 radical (unpaired) electrons. The van der Waals surface area contributed by atoms with E-state index >= 15 is 0 Å². The fourth-order valence-corrected chi connectivity index (χ4v) is 1.87. The van der Waals surface area contributed by atoms with Gasteiger partial charge in [0, 0.05) is 32.8 Å². The number of hydrogen-bond acceptors (Lipinski definition) is 6. The first-order valence-electron chi connectivity index (χ1n) is 6.27. The first-order valence-corrected chi connectivity index (χ1v) is 6.27. The molecule has 2 rings (SSSR count). The molecule has 2 heterocycles. The molecule has 0 fully saturated rings. The van der Waals surface area contributed by atoms with Crippen LogP contribution in [0, 0.1) is 0 Å². The Kier molecular flexibility index (Phi) is 4.64. The van der Waals surface area contributed by atoms with Gasteiger partial charge in [0.2, 0.25) is 11.7 Å². The van der Waals surface area contributed by atoms with Gasteiger partial charge in [0.1, 0.15) is 5.69 Å². The summed E-state index contributed by atoms with van der Waals surface area (Å²) in [6, 6.07) is 2.03. The van der Waals surface area contributed by atoms with Crippen molar-refractivity contribution in [2.45, 2.75) is 19.4 Å². The SMILES string of the molecule is CCNC(COC)Cc1nc(-c2ccn(C)n2)no1. The Hall–Kier alpha value is -1.73. The molecule has 0 aliphatic heterocycles. The number of aryl methyl sites for hydroxylation is 1. The quantitative estimate of drug-likeness (QED) is 0.791. The summed E-state index contributed by atoms with van der Waals surface area (Å²) >= 11 is 0. The molecule has 1 atom stereocenters. The lowest BCUT2D eigenvalue weighted by atomic mass is 10.2. The van der Waals surface area contributed by atoms with Crippen molar-refractivity contribution in [3.8, 4) is 11.5 Å². The maximum absolute atomic E-state index is 5.25. The molecule has 1 unspecified atom stereocenters. The van der Waals surface area contributed by atoms with Crippen LogP contribution in [0.15, 0.2) is 16.8 Å². The van der Waals surface area contributed by atoms with Gasteiger partial charge in [-0.3, -0.25) is 4.68 Å². The average Bonchev–Trinajstić information content (AvgIpc) is 2.99. The van der Waals surface area contributed by atoms with Crippen LogP contribution in [0.4, 0.5) is 0 Å². The van der Waals surface area contributed by atoms with Crippen LogP contribution in [-0.4, -0.2) is 46.2 Å². The van der Waals surface area contributed by atoms with E-state index in [0.29, 0.717) is 30.4 Å². The van der Waals surface area contributed by atoms with Crippen molar-refractivity contribution in [1.29, 1.82) is 0 Å². The van der Waals surface area contributed by atoms with Crippen LogP contribution < -0.4 is 5.32 Å². The second-order valence-corrected chi connectivity index (χ2v) is 4.30. The number of ether oxygens (including phenoxy) is 1. The third-order valence-electron chi connectivity index (χ3n) is 2.69. The Morgan fingerprint density at radius 2 is 2.37 bits per heavy atom. The second-order valence-electron chi connectivity index (χ2n) is 4.30. The smallest absolute Gasteiger partial charge is 0.228 e. The van der Waals surface area contributed by atoms with E-state index in [1.165, 1.54) is 0 Å². The Balaban J connectivity index is 2.03. The fraction of sp³-hybridized carbons (Fsp3) is 0.583. The van der Waals surface area contributed by atoms with E-state index in [0.717, 1.165) is 6.54 Å². The van der Waals surface area contributed by atoms with Gasteiger partial charge in [0.15, 0.2) is 0 Å². The van der Waals surface area contributed by atoms with Crippen molar-refractivity contribution in [1.82, 2.24) is 25.2 Å². The molecule has 0 saturated heterocycles. The Morgan fingerprint density at radius 3 is 3.00 bits per heavy atom. The van der Waals surface area contributed by atoms with Crippen LogP contribution in [0.2, 0.25) is 0 Å². The van der Waals surface area contributed by atoms with Crippen LogP contribution in [0.3, 0.4) is 0 Å². The van der Waals surface area contributed by atoms with Crippen molar-refractivity contribution < 1.29 is 9.26 Å². The molecule has 19 heavy (non-hydrogen) atoms. The first-order chi connectivity index (χ1) is 9.22. The van der Waals surface area contributed by atoms with Gasteiger partial charge < -0.3 is 14.6 Å². The lowest BCUT2D eigenvalue weighted by molar-refractivity contribution is 0.162. The molecule has 0 aliphatic carbocycles. The number of nitrogens with zero attached hydrogens (tertiary/aromatic N) is 4. The molecule has 0 spiro atoms. The predicted octanol–water partition coefficient (Wildman–Crippen LogP) is 0.637. The van der Waals surface area contributed by atoms with Gasteiger partial charge in [-0.05, 0) is 12.6 Å². The number of aromatic nitrogens is 4. The Labute approximate surface area is 111 Å². The van der Waals surface area contributed by atoms with Crippen molar-refractivity contribution in [3.05, 3.63) is 18.2 Å². The molecule has 104 valence electrons. The van der Waals surface area contributed by atoms with Crippen molar-refractivity contribution in [2.24, 2.45) is 7.05 Å². The lowest BCUT2D eigenvalue weighted by Gasteiger charge is -2.14. The first kappa shape index (κ1) is 13.7. The van der Waals surface area contributed by atoms with Gasteiger partial charge in [-0.1, -0.05) is 12.1 Å². The molecular formula is C12H19N5O2. The van der Waals surface area contributed by atoms with Crippen molar-refractivity contribution in [3.63, 3.8) is 0 Å². The predicted molar refractivity (Wildman–Crippen MR) is 69.5 cm³/mol. The summed E-state index contributed by atoms with van der Waals surface area (Å²) in [5, 5.41) is 11.5. The Morgan fingerprint density at radius 1 is 1.53 bits per heavy atom. The molecule has 0 saturated carbocycles. The van der Waals surface area contributed by atoms with E-state index in [4.69, 9.17) is 9.26 Å². The van der Waals surface area contributed by atoms with Gasteiger partial charge in [-0.25, -0.2) is 0 Å². The van der Waals surface area contributed by atoms with Crippen LogP contribution in [0.25, 0.3) is 11.5 Å². The zero-order valence-electron chi connectivity index (χ0n) is 11.5. The molecule has 2 aromatic rings. The summed E-state index contributed by atoms with van der Waals surface area (Å²) in [6.07, 6.45) is 2.49. The van der Waals surface area contributed by atoms with Gasteiger partial charge in [-0.2, -0.15) is 10.1 Å². The number of nitrogens with one attached hydrogen (secondary N) is 1. The minimum atomic E-state index is 0.173. The number of rotatable bonds is 7. The molecule has 0 aromatic carbocycles. The molecule has 0 bridgehead atoms. The molecule has 1 N–H and O–H groups in total. The number of methoxy groups -OCH3 is 1. The number of hydrogen-bond donors (Lipinski definition) is 1. The largest absolute Gasteiger partial charge is 0.383 e. The van der Waals surface area contributed by atoms with E-state index < -0.39 is 0 Å². The molecular weight excluding hydrogens is 246 g/mol. The topological polar surface area (TPSA) is 78.0 Å². The van der Waals surface area contributed by atoms with E-state index in [1.807, 2.05) is 19.3 Å². The third-order valence-corrected chi connectivity index (χ3v) is 2.69. The summed E-state index contributed by atoms with van der Waals surface area (Å²) in [7, 11) is 3.53. The minimum Gasteiger partial charge on any atom is -0.383 e. The van der Waals surface area contributed by atoms with E-state index in [2.05, 4.69) is 27.5 Å². The monoisotopic (exact) mass is 265 g/mol. The maximum Gasteiger partial charge on any atom is 0.228 e. The fourth-order valence-electron chi connectivity index (χ4n) is 1.87. The average molecular weight is 265 g/mol. The van der Waals surface area contributed by atoms with Gasteiger partial charge in [0.25, 0.3) is 0 Å². The summed E-state index contributed by atoms with van der Waals surface area (Å²) < 4.78 is 12.1. The van der Waals surface area contributed by atoms with Crippen LogP contribution in [0.5, 0.6) is 0 Å². The highest BCUT2D eigenvalue weighted by atomic mass is 16.5. The molecule has 7 heteroatoms. The van der Waals surface area contributed by atoms with Gasteiger partial charge in [0.05, 0.1) is 6.61 Å². The van der Waals surface area contributed by atoms with E-state index in [-0.39, 0.29) is 6.04 Å². The van der Waals surface area contributed by atoms with Crippen LogP contribution >= 0.6 is 0 Å². The summed E-state index contributed by atoms with van der Waals surface area (Å²) in [5.74, 6) is 1.10. The van der Waals surface area contributed by atoms with Crippen molar-refractivity contribution in [2.75, 3.05) is 20.3 Å². The van der Waals surface area contributed by atoms with E-state index in [1.54, 1.807) is 11.8 Å². The number of likely N-dealkylation sites (N-methyl/N-ethyl adjacent to an activating group) is 1. The standard InChI is InChI=1S/C12H19N5O2/c1-4-13-9(8-18-3)7-11-14-12(16-19-11)10-5-6-17(2)15-10/h5-6,9,13H,4,7-8H2,1-3H3. The second kappa shape index (κ2) is 6.44. The minimum absolute atomic E-state index is 0.173. The molecule has 0 aliphatic rings. The highest BCUT2D eigenvalue weighted by molar-refractivity contribution is 5.46. The summed E-state index contributed by atoms with van der Waals surface area (Å²) in [4.78, 5) is 4.35. The Bertz CT molecular complexity index is 502. The highest BCUT2D eigenvalue weighted by Gasteiger charge is 2.15. The molecule has 2 aromatic heterocycles. The van der Waals surface area contributed by atoms with Gasteiger partial charge >= 0.3 is 0 Å². The van der Waals surface area contributed by atoms with Crippen molar-refractivity contribution >= 4 is 0 Å². The maximum atomic E-state index is 5.25. The molecule has 0 amide bonds. The zero-order valence-corrected chi connectivity index (χ0v) is 11.5. The normalized spacial score (nSPS) is 12.8. The molecule has 7 nitrogen and oxygen atoms in total. The lowest BCUT2D eigenvalue weighted by Crippen LogP contribution is -2.35. The van der Waals surface area contributed by atoms with Crippen LogP contribution in [0.1, 0.15) is 12.8 Å². The summed E-state index contributed by atoms with van der Waals surface area (Å²) in [6.45, 7) is 3.53. The van der Waals surface area contributed by atoms with Gasteiger partial charge in [-0.15, -0.1) is 0 Å². The highest BCUT2D eigenvalue weighted by Crippen LogP contribution is 2.13. The van der Waals surface area contributed by atoms with E-state index in [9.17, 15) is 0 Å². The van der Waals surface area contributed by atoms with Crippen LogP contribution in [-0.2, 0) is 18.2 Å². The zero-order chi connectivity index (χ0) is 13.7. The third kappa shape index (κ3) is 3.62. The summed E-state index contributed by atoms with van der Waals surface area (Å²) in [5.41, 5.74) is 0.712.